The summed E-state index contributed by atoms with van der Waals surface area (Å²) in [4.78, 5) is 8.25. The predicted molar refractivity (Wildman–Crippen MR) is 78.4 cm³/mol. The van der Waals surface area contributed by atoms with Gasteiger partial charge in [-0.15, -0.1) is 0 Å². The zero-order valence-electron chi connectivity index (χ0n) is 9.82. The van der Waals surface area contributed by atoms with E-state index < -0.39 is 0 Å². The van der Waals surface area contributed by atoms with E-state index in [1.807, 2.05) is 12.3 Å². The summed E-state index contributed by atoms with van der Waals surface area (Å²) in [5.74, 6) is 0.208. The van der Waals surface area contributed by atoms with Gasteiger partial charge < -0.3 is 5.73 Å². The topological polar surface area (TPSA) is 75.6 Å². The number of hydrogen-bond donors (Lipinski definition) is 1. The van der Waals surface area contributed by atoms with E-state index in [1.54, 1.807) is 18.2 Å². The fraction of sp³-hybridized carbons (Fsp3) is 0.0833. The summed E-state index contributed by atoms with van der Waals surface area (Å²) in [5, 5.41) is 10.4. The average Bonchev–Trinajstić information content (AvgIpc) is 2.41. The number of nitriles is 1. The zero-order valence-corrected chi connectivity index (χ0v) is 12.1. The van der Waals surface area contributed by atoms with Crippen LogP contribution in [-0.4, -0.2) is 16.2 Å². The van der Waals surface area contributed by atoms with Crippen molar-refractivity contribution in [3.8, 4) is 17.2 Å². The predicted octanol–water partition coefficient (Wildman–Crippen LogP) is 3.63. The van der Waals surface area contributed by atoms with E-state index in [9.17, 15) is 5.26 Å². The van der Waals surface area contributed by atoms with Crippen molar-refractivity contribution in [2.24, 2.45) is 0 Å². The summed E-state index contributed by atoms with van der Waals surface area (Å²) in [5.41, 5.74) is 7.05. The molecule has 0 saturated carbocycles. The second-order valence-corrected chi connectivity index (χ2v) is 5.09. The van der Waals surface area contributed by atoms with Gasteiger partial charge in [-0.05, 0) is 12.3 Å². The fourth-order valence-corrected chi connectivity index (χ4v) is 2.36. The first-order chi connectivity index (χ1) is 9.08. The Kier molecular flexibility index (Phi) is 4.15. The van der Waals surface area contributed by atoms with Gasteiger partial charge in [-0.3, -0.25) is 0 Å². The van der Waals surface area contributed by atoms with Crippen LogP contribution in [0.3, 0.4) is 0 Å². The van der Waals surface area contributed by atoms with Crippen molar-refractivity contribution >= 4 is 40.8 Å². The Morgan fingerprint density at radius 3 is 2.68 bits per heavy atom. The van der Waals surface area contributed by atoms with Crippen molar-refractivity contribution in [2.45, 2.75) is 5.16 Å². The number of hydrogen-bond acceptors (Lipinski definition) is 5. The summed E-state index contributed by atoms with van der Waals surface area (Å²) < 4.78 is 0. The van der Waals surface area contributed by atoms with Crippen molar-refractivity contribution in [1.82, 2.24) is 9.97 Å². The minimum atomic E-state index is 0.181. The minimum Gasteiger partial charge on any atom is -0.383 e. The van der Waals surface area contributed by atoms with Gasteiger partial charge in [0.2, 0.25) is 0 Å². The number of nitrogen functional groups attached to an aromatic ring is 1. The molecule has 0 saturated heterocycles. The maximum Gasteiger partial charge on any atom is 0.190 e. The van der Waals surface area contributed by atoms with Crippen LogP contribution in [-0.2, 0) is 0 Å². The molecular weight excluding hydrogens is 303 g/mol. The molecule has 96 valence electrons. The van der Waals surface area contributed by atoms with E-state index in [2.05, 4.69) is 9.97 Å². The van der Waals surface area contributed by atoms with Crippen LogP contribution >= 0.6 is 35.0 Å². The molecule has 0 aliphatic carbocycles. The number of nitrogens with zero attached hydrogens (tertiary/aromatic N) is 3. The molecule has 0 spiro atoms. The van der Waals surface area contributed by atoms with Crippen molar-refractivity contribution in [3.63, 3.8) is 0 Å². The summed E-state index contributed by atoms with van der Waals surface area (Å²) in [6, 6.07) is 7.12. The Labute approximate surface area is 124 Å². The number of aromatic nitrogens is 2. The van der Waals surface area contributed by atoms with E-state index in [0.717, 1.165) is 0 Å². The lowest BCUT2D eigenvalue weighted by Gasteiger charge is -2.10. The van der Waals surface area contributed by atoms with Gasteiger partial charge in [0, 0.05) is 5.56 Å². The summed E-state index contributed by atoms with van der Waals surface area (Å²) in [6.45, 7) is 0. The van der Waals surface area contributed by atoms with Gasteiger partial charge in [-0.2, -0.15) is 5.26 Å². The summed E-state index contributed by atoms with van der Waals surface area (Å²) >= 11 is 13.4. The molecule has 0 aliphatic rings. The standard InChI is InChI=1S/C12H8Cl2N4S/c1-19-12-17-8(5-15)9(11(16)18-12)6-3-2-4-7(13)10(6)14/h2-4H,1H3,(H2,16,17,18). The highest BCUT2D eigenvalue weighted by Crippen LogP contribution is 2.37. The Bertz CT molecular complexity index is 682. The molecule has 0 unspecified atom stereocenters. The van der Waals surface area contributed by atoms with Crippen LogP contribution in [0.25, 0.3) is 11.1 Å². The summed E-state index contributed by atoms with van der Waals surface area (Å²) in [7, 11) is 0. The molecule has 2 rings (SSSR count). The third kappa shape index (κ3) is 2.61. The van der Waals surface area contributed by atoms with Gasteiger partial charge >= 0.3 is 0 Å². The van der Waals surface area contributed by atoms with Gasteiger partial charge in [0.05, 0.1) is 15.6 Å². The number of thioether (sulfide) groups is 1. The van der Waals surface area contributed by atoms with E-state index in [4.69, 9.17) is 28.9 Å². The van der Waals surface area contributed by atoms with Crippen LogP contribution < -0.4 is 5.73 Å². The van der Waals surface area contributed by atoms with E-state index in [0.29, 0.717) is 26.3 Å². The minimum absolute atomic E-state index is 0.181. The van der Waals surface area contributed by atoms with Crippen molar-refractivity contribution in [2.75, 3.05) is 12.0 Å². The maximum atomic E-state index is 9.20. The second-order valence-electron chi connectivity index (χ2n) is 3.53. The Hall–Kier alpha value is -1.48. The molecule has 1 aromatic carbocycles. The SMILES string of the molecule is CSc1nc(N)c(-c2cccc(Cl)c2Cl)c(C#N)n1. The lowest BCUT2D eigenvalue weighted by atomic mass is 10.0. The van der Waals surface area contributed by atoms with Crippen LogP contribution in [0.1, 0.15) is 5.69 Å². The third-order valence-electron chi connectivity index (χ3n) is 2.43. The molecule has 1 aromatic heterocycles. The highest BCUT2D eigenvalue weighted by atomic mass is 35.5. The van der Waals surface area contributed by atoms with Gasteiger partial charge in [-0.25, -0.2) is 9.97 Å². The zero-order chi connectivity index (χ0) is 14.0. The second kappa shape index (κ2) is 5.66. The largest absolute Gasteiger partial charge is 0.383 e. The number of rotatable bonds is 2. The number of halogens is 2. The fourth-order valence-electron chi connectivity index (χ4n) is 1.59. The van der Waals surface area contributed by atoms with Crippen LogP contribution in [0.2, 0.25) is 10.0 Å². The van der Waals surface area contributed by atoms with Crippen LogP contribution in [0.4, 0.5) is 5.82 Å². The summed E-state index contributed by atoms with van der Waals surface area (Å²) in [6.07, 6.45) is 1.81. The molecule has 0 atom stereocenters. The molecule has 0 aliphatic heterocycles. The number of anilines is 1. The monoisotopic (exact) mass is 310 g/mol. The first-order valence-electron chi connectivity index (χ1n) is 5.14. The molecule has 7 heteroatoms. The van der Waals surface area contributed by atoms with E-state index in [1.165, 1.54) is 11.8 Å². The molecule has 2 aromatic rings. The Morgan fingerprint density at radius 2 is 2.05 bits per heavy atom. The lowest BCUT2D eigenvalue weighted by molar-refractivity contribution is 0.967. The average molecular weight is 311 g/mol. The van der Waals surface area contributed by atoms with Crippen LogP contribution in [0.15, 0.2) is 23.4 Å². The van der Waals surface area contributed by atoms with Gasteiger partial charge in [-0.1, -0.05) is 47.1 Å². The Balaban J connectivity index is 2.76. The number of nitrogens with two attached hydrogens (primary N) is 1. The van der Waals surface area contributed by atoms with Crippen molar-refractivity contribution < 1.29 is 0 Å². The third-order valence-corrected chi connectivity index (χ3v) is 3.79. The Morgan fingerprint density at radius 1 is 1.32 bits per heavy atom. The molecule has 2 N–H and O–H groups in total. The lowest BCUT2D eigenvalue weighted by Crippen LogP contribution is -2.02. The molecule has 4 nitrogen and oxygen atoms in total. The van der Waals surface area contributed by atoms with E-state index in [-0.39, 0.29) is 11.5 Å². The highest BCUT2D eigenvalue weighted by molar-refractivity contribution is 7.98. The van der Waals surface area contributed by atoms with Gasteiger partial charge in [0.1, 0.15) is 11.9 Å². The van der Waals surface area contributed by atoms with Gasteiger partial charge in [0.15, 0.2) is 10.9 Å². The van der Waals surface area contributed by atoms with Crippen molar-refractivity contribution in [1.29, 1.82) is 5.26 Å². The molecule has 19 heavy (non-hydrogen) atoms. The van der Waals surface area contributed by atoms with Gasteiger partial charge in [0.25, 0.3) is 0 Å². The maximum absolute atomic E-state index is 9.20. The van der Waals surface area contributed by atoms with Crippen LogP contribution in [0.5, 0.6) is 0 Å². The quantitative estimate of drug-likeness (QED) is 0.677. The van der Waals surface area contributed by atoms with E-state index >= 15 is 0 Å². The molecule has 0 bridgehead atoms. The molecular formula is C12H8Cl2N4S. The smallest absolute Gasteiger partial charge is 0.190 e. The molecule has 0 amide bonds. The first-order valence-corrected chi connectivity index (χ1v) is 7.12. The highest BCUT2D eigenvalue weighted by Gasteiger charge is 2.17. The van der Waals surface area contributed by atoms with Crippen LogP contribution in [0, 0.1) is 11.3 Å². The number of benzene rings is 1. The normalized spacial score (nSPS) is 10.2. The first kappa shape index (κ1) is 13.9. The molecule has 0 fully saturated rings. The molecule has 1 heterocycles. The van der Waals surface area contributed by atoms with Crippen molar-refractivity contribution in [3.05, 3.63) is 33.9 Å². The molecule has 0 radical (unpaired) electrons.